The van der Waals surface area contributed by atoms with Crippen molar-refractivity contribution in [3.63, 3.8) is 0 Å². The van der Waals surface area contributed by atoms with Gasteiger partial charge in [-0.2, -0.15) is 0 Å². The molecule has 0 aliphatic carbocycles. The van der Waals surface area contributed by atoms with Gasteiger partial charge in [-0.05, 0) is 55.7 Å². The van der Waals surface area contributed by atoms with Crippen molar-refractivity contribution in [1.82, 2.24) is 10.2 Å². The molecule has 0 saturated carbocycles. The summed E-state index contributed by atoms with van der Waals surface area (Å²) in [6.45, 7) is 7.69. The van der Waals surface area contributed by atoms with Gasteiger partial charge >= 0.3 is 0 Å². The minimum absolute atomic E-state index is 0.436. The van der Waals surface area contributed by atoms with Crippen molar-refractivity contribution in [2.75, 3.05) is 20.1 Å². The zero-order chi connectivity index (χ0) is 13.1. The molecule has 1 N–H and O–H groups in total. The number of halogens is 1. The normalized spacial score (nSPS) is 20.8. The number of nitrogens with zero attached hydrogens (tertiary/aromatic N) is 1. The van der Waals surface area contributed by atoms with E-state index in [1.807, 2.05) is 6.07 Å². The van der Waals surface area contributed by atoms with E-state index in [4.69, 9.17) is 11.6 Å². The van der Waals surface area contributed by atoms with Crippen molar-refractivity contribution < 1.29 is 0 Å². The molecule has 0 amide bonds. The van der Waals surface area contributed by atoms with Crippen LogP contribution in [0.5, 0.6) is 0 Å². The van der Waals surface area contributed by atoms with Crippen LogP contribution < -0.4 is 5.32 Å². The first kappa shape index (κ1) is 13.9. The summed E-state index contributed by atoms with van der Waals surface area (Å²) in [4.78, 5) is 2.38. The smallest absolute Gasteiger partial charge is 0.0409 e. The van der Waals surface area contributed by atoms with Crippen molar-refractivity contribution in [2.45, 2.75) is 32.9 Å². The van der Waals surface area contributed by atoms with E-state index in [1.165, 1.54) is 11.1 Å². The fraction of sp³-hybridized carbons (Fsp3) is 0.600. The standard InChI is InChI=1S/C15H23ClN2/c1-11(2)9-17-15-6-7-18(3)10-12-4-5-13(16)8-14(12)15/h4-5,8,11,15,17H,6-7,9-10H2,1-3H3/t15-/m0/s1. The molecule has 0 radical (unpaired) electrons. The SMILES string of the molecule is CC(C)CN[C@H]1CCN(C)Cc2ccc(Cl)cc21. The van der Waals surface area contributed by atoms with Crippen LogP contribution in [0.2, 0.25) is 5.02 Å². The molecule has 1 aromatic carbocycles. The van der Waals surface area contributed by atoms with E-state index in [0.717, 1.165) is 31.1 Å². The Morgan fingerprint density at radius 3 is 2.94 bits per heavy atom. The van der Waals surface area contributed by atoms with Crippen molar-refractivity contribution in [3.05, 3.63) is 34.3 Å². The van der Waals surface area contributed by atoms with E-state index < -0.39 is 0 Å². The fourth-order valence-corrected chi connectivity index (χ4v) is 2.68. The van der Waals surface area contributed by atoms with E-state index in [1.54, 1.807) is 0 Å². The molecule has 2 nitrogen and oxygen atoms in total. The molecule has 100 valence electrons. The molecule has 0 spiro atoms. The van der Waals surface area contributed by atoms with Gasteiger partial charge in [0.1, 0.15) is 0 Å². The first-order valence-corrected chi connectivity index (χ1v) is 7.14. The maximum Gasteiger partial charge on any atom is 0.0409 e. The van der Waals surface area contributed by atoms with Crippen LogP contribution in [0.3, 0.4) is 0 Å². The molecule has 2 rings (SSSR count). The Morgan fingerprint density at radius 2 is 2.22 bits per heavy atom. The van der Waals surface area contributed by atoms with Crippen LogP contribution in [0.1, 0.15) is 37.4 Å². The van der Waals surface area contributed by atoms with Crippen LogP contribution in [-0.4, -0.2) is 25.0 Å². The summed E-state index contributed by atoms with van der Waals surface area (Å²) in [7, 11) is 2.18. The average molecular weight is 267 g/mol. The third-order valence-electron chi connectivity index (χ3n) is 3.50. The Hall–Kier alpha value is -0.570. The van der Waals surface area contributed by atoms with Gasteiger partial charge < -0.3 is 10.2 Å². The highest BCUT2D eigenvalue weighted by Gasteiger charge is 2.20. The minimum Gasteiger partial charge on any atom is -0.310 e. The van der Waals surface area contributed by atoms with Gasteiger partial charge in [-0.15, -0.1) is 0 Å². The Balaban J connectivity index is 2.23. The molecule has 18 heavy (non-hydrogen) atoms. The van der Waals surface area contributed by atoms with Crippen molar-refractivity contribution in [1.29, 1.82) is 0 Å². The highest BCUT2D eigenvalue weighted by Crippen LogP contribution is 2.28. The summed E-state index contributed by atoms with van der Waals surface area (Å²) in [5.41, 5.74) is 2.79. The molecule has 0 bridgehead atoms. The Morgan fingerprint density at radius 1 is 1.44 bits per heavy atom. The number of rotatable bonds is 3. The number of hydrogen-bond acceptors (Lipinski definition) is 2. The van der Waals surface area contributed by atoms with Gasteiger partial charge in [0.25, 0.3) is 0 Å². The molecule has 0 aromatic heterocycles. The van der Waals surface area contributed by atoms with Gasteiger partial charge in [0, 0.05) is 17.6 Å². The number of hydrogen-bond donors (Lipinski definition) is 1. The summed E-state index contributed by atoms with van der Waals surface area (Å²) < 4.78 is 0. The molecule has 0 unspecified atom stereocenters. The fourth-order valence-electron chi connectivity index (χ4n) is 2.50. The summed E-state index contributed by atoms with van der Waals surface area (Å²) >= 11 is 6.15. The zero-order valence-electron chi connectivity index (χ0n) is 11.5. The molecule has 1 aliphatic rings. The van der Waals surface area contributed by atoms with E-state index in [2.05, 4.69) is 43.2 Å². The predicted molar refractivity (Wildman–Crippen MR) is 78.0 cm³/mol. The molecule has 1 atom stereocenters. The van der Waals surface area contributed by atoms with E-state index in [-0.39, 0.29) is 0 Å². The lowest BCUT2D eigenvalue weighted by molar-refractivity contribution is 0.315. The first-order chi connectivity index (χ1) is 8.56. The van der Waals surface area contributed by atoms with Gasteiger partial charge in [-0.3, -0.25) is 0 Å². The second-order valence-electron chi connectivity index (χ2n) is 5.72. The lowest BCUT2D eigenvalue weighted by Crippen LogP contribution is -2.27. The Labute approximate surface area is 115 Å². The van der Waals surface area contributed by atoms with Crippen molar-refractivity contribution in [3.8, 4) is 0 Å². The Kier molecular flexibility index (Phi) is 4.66. The lowest BCUT2D eigenvalue weighted by atomic mass is 9.99. The first-order valence-electron chi connectivity index (χ1n) is 6.76. The topological polar surface area (TPSA) is 15.3 Å². The van der Waals surface area contributed by atoms with E-state index in [0.29, 0.717) is 12.0 Å². The lowest BCUT2D eigenvalue weighted by Gasteiger charge is -2.20. The second kappa shape index (κ2) is 6.05. The van der Waals surface area contributed by atoms with Gasteiger partial charge in [-0.25, -0.2) is 0 Å². The number of nitrogens with one attached hydrogen (secondary N) is 1. The zero-order valence-corrected chi connectivity index (χ0v) is 12.3. The average Bonchev–Trinajstić information content (AvgIpc) is 2.45. The van der Waals surface area contributed by atoms with E-state index in [9.17, 15) is 0 Å². The van der Waals surface area contributed by atoms with Crippen molar-refractivity contribution >= 4 is 11.6 Å². The van der Waals surface area contributed by atoms with Crippen LogP contribution >= 0.6 is 11.6 Å². The molecule has 0 saturated heterocycles. The highest BCUT2D eigenvalue weighted by molar-refractivity contribution is 6.30. The molecule has 3 heteroatoms. The number of benzene rings is 1. The molecular formula is C15H23ClN2. The van der Waals surface area contributed by atoms with Crippen molar-refractivity contribution in [2.24, 2.45) is 5.92 Å². The van der Waals surface area contributed by atoms with Crippen LogP contribution in [0.4, 0.5) is 0 Å². The quantitative estimate of drug-likeness (QED) is 0.901. The number of fused-ring (bicyclic) bond motifs is 1. The summed E-state index contributed by atoms with van der Waals surface area (Å²) in [5.74, 6) is 0.675. The van der Waals surface area contributed by atoms with Gasteiger partial charge in [0.15, 0.2) is 0 Å². The van der Waals surface area contributed by atoms with Gasteiger partial charge in [-0.1, -0.05) is 31.5 Å². The largest absolute Gasteiger partial charge is 0.310 e. The van der Waals surface area contributed by atoms with Crippen LogP contribution in [-0.2, 0) is 6.54 Å². The Bertz CT molecular complexity index is 403. The maximum absolute atomic E-state index is 6.15. The molecule has 0 fully saturated rings. The minimum atomic E-state index is 0.436. The highest BCUT2D eigenvalue weighted by atomic mass is 35.5. The molecule has 1 aliphatic heterocycles. The van der Waals surface area contributed by atoms with Gasteiger partial charge in [0.2, 0.25) is 0 Å². The predicted octanol–water partition coefficient (Wildman–Crippen LogP) is 3.46. The third-order valence-corrected chi connectivity index (χ3v) is 3.73. The molecule has 1 aromatic rings. The van der Waals surface area contributed by atoms with Crippen LogP contribution in [0.15, 0.2) is 18.2 Å². The summed E-state index contributed by atoms with van der Waals surface area (Å²) in [5, 5.41) is 4.52. The van der Waals surface area contributed by atoms with Crippen LogP contribution in [0, 0.1) is 5.92 Å². The molecular weight excluding hydrogens is 244 g/mol. The summed E-state index contributed by atoms with van der Waals surface area (Å²) in [6, 6.07) is 6.74. The monoisotopic (exact) mass is 266 g/mol. The molecule has 1 heterocycles. The van der Waals surface area contributed by atoms with E-state index >= 15 is 0 Å². The summed E-state index contributed by atoms with van der Waals surface area (Å²) in [6.07, 6.45) is 1.15. The second-order valence-corrected chi connectivity index (χ2v) is 6.16. The van der Waals surface area contributed by atoms with Gasteiger partial charge in [0.05, 0.1) is 0 Å². The van der Waals surface area contributed by atoms with Crippen LogP contribution in [0.25, 0.3) is 0 Å². The maximum atomic E-state index is 6.15. The third kappa shape index (κ3) is 3.47.